The van der Waals surface area contributed by atoms with E-state index in [-0.39, 0.29) is 26.5 Å². The van der Waals surface area contributed by atoms with Crippen molar-refractivity contribution in [1.82, 2.24) is 14.2 Å². The first-order valence-electron chi connectivity index (χ1n) is 9.82. The van der Waals surface area contributed by atoms with E-state index in [2.05, 4.69) is 4.72 Å². The number of rotatable bonds is 6. The molecular weight excluding hydrogens is 386 g/mol. The number of amides is 1. The van der Waals surface area contributed by atoms with Gasteiger partial charge < -0.3 is 9.47 Å². The highest BCUT2D eigenvalue weighted by Gasteiger charge is 2.36. The molecule has 1 aliphatic rings. The molecule has 0 spiro atoms. The molecule has 6 nitrogen and oxygen atoms in total. The van der Waals surface area contributed by atoms with Crippen LogP contribution in [0.5, 0.6) is 0 Å². The molecule has 0 radical (unpaired) electrons. The number of sulfonamides is 1. The molecule has 2 unspecified atom stereocenters. The van der Waals surface area contributed by atoms with E-state index >= 15 is 0 Å². The largest absolute Gasteiger partial charge is 0.340 e. The molecule has 0 bridgehead atoms. The lowest BCUT2D eigenvalue weighted by atomic mass is 10.2. The zero-order valence-electron chi connectivity index (χ0n) is 16.4. The third-order valence-corrected chi connectivity index (χ3v) is 7.43. The van der Waals surface area contributed by atoms with Crippen LogP contribution >= 0.6 is 0 Å². The van der Waals surface area contributed by atoms with Gasteiger partial charge in [-0.05, 0) is 36.4 Å². The Morgan fingerprint density at radius 3 is 2.66 bits per heavy atom. The molecule has 154 valence electrons. The Hall–Kier alpha value is -2.64. The Bertz CT molecular complexity index is 1110. The zero-order chi connectivity index (χ0) is 20.4. The quantitative estimate of drug-likeness (QED) is 0.675. The lowest BCUT2D eigenvalue weighted by molar-refractivity contribution is -0.133. The van der Waals surface area contributed by atoms with E-state index in [1.54, 1.807) is 4.90 Å². The Morgan fingerprint density at radius 2 is 1.86 bits per heavy atom. The minimum atomic E-state index is -3.49. The van der Waals surface area contributed by atoms with Crippen LogP contribution in [0, 0.1) is 0 Å². The average Bonchev–Trinajstić information content (AvgIpc) is 3.40. The van der Waals surface area contributed by atoms with Crippen LogP contribution in [0.2, 0.25) is 0 Å². The lowest BCUT2D eigenvalue weighted by Crippen LogP contribution is -2.39. The first-order chi connectivity index (χ1) is 14.0. The van der Waals surface area contributed by atoms with Gasteiger partial charge in [0, 0.05) is 32.8 Å². The van der Waals surface area contributed by atoms with Crippen LogP contribution in [0.3, 0.4) is 0 Å². The van der Waals surface area contributed by atoms with Crippen molar-refractivity contribution in [3.8, 4) is 0 Å². The SMILES string of the molecule is CC(C(=O)N1CCC(S(=O)(=O)NCc2ccccc2)C1)n1ccc2ccccc21.[HH]. The molecule has 4 rings (SSSR count). The topological polar surface area (TPSA) is 71.4 Å². The fourth-order valence-corrected chi connectivity index (χ4v) is 5.30. The fourth-order valence-electron chi connectivity index (χ4n) is 3.90. The van der Waals surface area contributed by atoms with Gasteiger partial charge in [0.15, 0.2) is 0 Å². The minimum Gasteiger partial charge on any atom is -0.340 e. The standard InChI is InChI=1S/C22H25N3O3S.H2/c1-17(25-14-11-19-9-5-6-10-21(19)25)22(26)24-13-12-20(16-24)29(27,28)23-15-18-7-3-2-4-8-18;/h2-11,14,17,20,23H,12-13,15-16H2,1H3;1H. The number of carbonyl (C=O) groups is 1. The number of fused-ring (bicyclic) bond motifs is 1. The number of benzene rings is 2. The summed E-state index contributed by atoms with van der Waals surface area (Å²) in [4.78, 5) is 14.7. The number of hydrogen-bond acceptors (Lipinski definition) is 3. The van der Waals surface area contributed by atoms with Gasteiger partial charge in [-0.25, -0.2) is 13.1 Å². The predicted molar refractivity (Wildman–Crippen MR) is 116 cm³/mol. The third-order valence-electron chi connectivity index (χ3n) is 5.62. The summed E-state index contributed by atoms with van der Waals surface area (Å²) in [6, 6.07) is 19.0. The van der Waals surface area contributed by atoms with Crippen LogP contribution in [0.15, 0.2) is 66.9 Å². The summed E-state index contributed by atoms with van der Waals surface area (Å²) in [5.41, 5.74) is 1.91. The minimum absolute atomic E-state index is 0. The molecule has 0 aliphatic carbocycles. The van der Waals surface area contributed by atoms with Crippen LogP contribution in [-0.2, 0) is 21.4 Å². The smallest absolute Gasteiger partial charge is 0.245 e. The number of nitrogens with zero attached hydrogens (tertiary/aromatic N) is 2. The number of likely N-dealkylation sites (tertiary alicyclic amines) is 1. The lowest BCUT2D eigenvalue weighted by Gasteiger charge is -2.23. The molecule has 29 heavy (non-hydrogen) atoms. The van der Waals surface area contributed by atoms with E-state index in [9.17, 15) is 13.2 Å². The van der Waals surface area contributed by atoms with E-state index in [1.165, 1.54) is 0 Å². The first-order valence-corrected chi connectivity index (χ1v) is 11.4. The summed E-state index contributed by atoms with van der Waals surface area (Å²) >= 11 is 0. The van der Waals surface area contributed by atoms with Crippen LogP contribution in [0.4, 0.5) is 0 Å². The summed E-state index contributed by atoms with van der Waals surface area (Å²) < 4.78 is 30.0. The molecular formula is C22H27N3O3S. The van der Waals surface area contributed by atoms with Gasteiger partial charge >= 0.3 is 0 Å². The summed E-state index contributed by atoms with van der Waals surface area (Å²) in [6.07, 6.45) is 2.37. The van der Waals surface area contributed by atoms with Crippen molar-refractivity contribution >= 4 is 26.8 Å². The zero-order valence-corrected chi connectivity index (χ0v) is 17.2. The van der Waals surface area contributed by atoms with Gasteiger partial charge in [0.2, 0.25) is 15.9 Å². The van der Waals surface area contributed by atoms with Gasteiger partial charge in [-0.1, -0.05) is 48.5 Å². The molecule has 1 saturated heterocycles. The van der Waals surface area contributed by atoms with E-state index < -0.39 is 15.3 Å². The Morgan fingerprint density at radius 1 is 1.14 bits per heavy atom. The van der Waals surface area contributed by atoms with Crippen molar-refractivity contribution in [1.29, 1.82) is 0 Å². The summed E-state index contributed by atoms with van der Waals surface area (Å²) in [6.45, 7) is 2.81. The third kappa shape index (κ3) is 4.06. The molecule has 2 aromatic carbocycles. The summed E-state index contributed by atoms with van der Waals surface area (Å²) in [5.74, 6) is -0.0490. The second-order valence-electron chi connectivity index (χ2n) is 7.50. The first kappa shape index (κ1) is 19.7. The van der Waals surface area contributed by atoms with Crippen LogP contribution in [0.25, 0.3) is 10.9 Å². The number of carbonyl (C=O) groups excluding carboxylic acids is 1. The molecule has 7 heteroatoms. The Labute approximate surface area is 172 Å². The number of para-hydroxylation sites is 1. The van der Waals surface area contributed by atoms with Crippen molar-refractivity contribution in [2.45, 2.75) is 31.2 Å². The Kier molecular flexibility index (Phi) is 5.43. The molecule has 3 aromatic rings. The van der Waals surface area contributed by atoms with E-state index in [0.29, 0.717) is 13.0 Å². The van der Waals surface area contributed by atoms with Crippen molar-refractivity contribution < 1.29 is 14.6 Å². The van der Waals surface area contributed by atoms with Gasteiger partial charge in [0.1, 0.15) is 6.04 Å². The monoisotopic (exact) mass is 413 g/mol. The second kappa shape index (κ2) is 8.00. The molecule has 2 atom stereocenters. The van der Waals surface area contributed by atoms with Gasteiger partial charge in [-0.15, -0.1) is 0 Å². The highest BCUT2D eigenvalue weighted by Crippen LogP contribution is 2.24. The highest BCUT2D eigenvalue weighted by molar-refractivity contribution is 7.90. The molecule has 1 aromatic heterocycles. The molecule has 1 N–H and O–H groups in total. The van der Waals surface area contributed by atoms with Crippen LogP contribution in [0.1, 0.15) is 26.4 Å². The van der Waals surface area contributed by atoms with Crippen LogP contribution in [-0.4, -0.2) is 42.1 Å². The van der Waals surface area contributed by atoms with Gasteiger partial charge in [0.05, 0.1) is 5.25 Å². The maximum Gasteiger partial charge on any atom is 0.245 e. The van der Waals surface area contributed by atoms with Crippen molar-refractivity contribution in [2.75, 3.05) is 13.1 Å². The summed E-state index contributed by atoms with van der Waals surface area (Å²) in [7, 11) is -3.49. The predicted octanol–water partition coefficient (Wildman–Crippen LogP) is 3.17. The van der Waals surface area contributed by atoms with Crippen molar-refractivity contribution in [3.63, 3.8) is 0 Å². The van der Waals surface area contributed by atoms with E-state index in [4.69, 9.17) is 0 Å². The Balaban J connectivity index is 0.00000256. The van der Waals surface area contributed by atoms with E-state index in [0.717, 1.165) is 16.5 Å². The van der Waals surface area contributed by atoms with Crippen molar-refractivity contribution in [3.05, 3.63) is 72.4 Å². The molecule has 0 saturated carbocycles. The van der Waals surface area contributed by atoms with Gasteiger partial charge in [0.25, 0.3) is 0 Å². The molecule has 2 heterocycles. The summed E-state index contributed by atoms with van der Waals surface area (Å²) in [5, 5.41) is 0.503. The highest BCUT2D eigenvalue weighted by atomic mass is 32.2. The second-order valence-corrected chi connectivity index (χ2v) is 9.55. The van der Waals surface area contributed by atoms with Gasteiger partial charge in [-0.2, -0.15) is 0 Å². The van der Waals surface area contributed by atoms with Crippen molar-refractivity contribution in [2.24, 2.45) is 0 Å². The maximum absolute atomic E-state index is 13.0. The van der Waals surface area contributed by atoms with E-state index in [1.807, 2.05) is 78.4 Å². The molecule has 1 amide bonds. The van der Waals surface area contributed by atoms with Crippen LogP contribution < -0.4 is 4.72 Å². The maximum atomic E-state index is 13.0. The number of hydrogen-bond donors (Lipinski definition) is 1. The average molecular weight is 414 g/mol. The fraction of sp³-hybridized carbons (Fsp3) is 0.318. The number of nitrogens with one attached hydrogen (secondary N) is 1. The molecule has 1 fully saturated rings. The normalized spacial score (nSPS) is 18.2. The number of aromatic nitrogens is 1. The molecule has 1 aliphatic heterocycles. The van der Waals surface area contributed by atoms with Gasteiger partial charge in [-0.3, -0.25) is 4.79 Å².